The molecule has 0 aliphatic carbocycles. The third kappa shape index (κ3) is 2.92. The number of aromatic nitrogens is 2. The molecule has 1 N–H and O–H groups in total. The van der Waals surface area contributed by atoms with E-state index in [1.807, 2.05) is 24.4 Å². The van der Waals surface area contributed by atoms with Crippen LogP contribution in [0.1, 0.15) is 29.3 Å². The maximum atomic E-state index is 12.2. The van der Waals surface area contributed by atoms with Crippen LogP contribution in [0.5, 0.6) is 0 Å². The second kappa shape index (κ2) is 6.32. The van der Waals surface area contributed by atoms with Crippen LogP contribution < -0.4 is 5.32 Å². The molecule has 0 aliphatic heterocycles. The fourth-order valence-electron chi connectivity index (χ4n) is 2.59. The zero-order valence-corrected chi connectivity index (χ0v) is 12.8. The van der Waals surface area contributed by atoms with E-state index in [9.17, 15) is 10.1 Å². The van der Waals surface area contributed by atoms with Gasteiger partial charge in [-0.2, -0.15) is 5.26 Å². The van der Waals surface area contributed by atoms with Crippen molar-refractivity contribution < 1.29 is 4.79 Å². The normalized spacial score (nSPS) is 10.4. The summed E-state index contributed by atoms with van der Waals surface area (Å²) >= 11 is 0. The number of rotatable bonds is 4. The topological polar surface area (TPSA) is 70.7 Å². The molecule has 1 amide bonds. The largest absolute Gasteiger partial charge is 0.346 e. The summed E-state index contributed by atoms with van der Waals surface area (Å²) in [5, 5.41) is 13.0. The molecule has 23 heavy (non-hydrogen) atoms. The van der Waals surface area contributed by atoms with Gasteiger partial charge in [0.15, 0.2) is 0 Å². The van der Waals surface area contributed by atoms with Crippen LogP contribution in [0.2, 0.25) is 0 Å². The van der Waals surface area contributed by atoms with Gasteiger partial charge in [0.25, 0.3) is 5.91 Å². The summed E-state index contributed by atoms with van der Waals surface area (Å²) in [6.07, 6.45) is 6.00. The van der Waals surface area contributed by atoms with E-state index in [0.29, 0.717) is 16.8 Å². The second-order valence-corrected chi connectivity index (χ2v) is 5.28. The first-order valence-electron chi connectivity index (χ1n) is 7.47. The Morgan fingerprint density at radius 1 is 1.39 bits per heavy atom. The molecule has 0 aliphatic rings. The number of nitrogens with zero attached hydrogens (tertiary/aromatic N) is 3. The zero-order chi connectivity index (χ0) is 16.2. The second-order valence-electron chi connectivity index (χ2n) is 5.28. The summed E-state index contributed by atoms with van der Waals surface area (Å²) < 4.78 is 2.07. The standard InChI is InChI=1S/C18H16N4O/c1-2-8-22-12-14(10-19)16-9-15(5-6-17(16)22)21-18(23)13-4-3-7-20-11-13/h3-7,9,11-12H,2,8H2,1H3,(H,21,23). The van der Waals surface area contributed by atoms with Crippen LogP contribution in [0, 0.1) is 11.3 Å². The highest BCUT2D eigenvalue weighted by atomic mass is 16.1. The molecule has 0 saturated heterocycles. The van der Waals surface area contributed by atoms with Crippen molar-refractivity contribution in [1.82, 2.24) is 9.55 Å². The lowest BCUT2D eigenvalue weighted by molar-refractivity contribution is 0.102. The number of carbonyl (C=O) groups is 1. The van der Waals surface area contributed by atoms with E-state index in [1.54, 1.807) is 18.3 Å². The van der Waals surface area contributed by atoms with Gasteiger partial charge in [-0.05, 0) is 36.8 Å². The molecule has 0 atom stereocenters. The molecule has 2 aromatic heterocycles. The van der Waals surface area contributed by atoms with E-state index < -0.39 is 0 Å². The van der Waals surface area contributed by atoms with E-state index >= 15 is 0 Å². The van der Waals surface area contributed by atoms with Crippen molar-refractivity contribution in [3.63, 3.8) is 0 Å². The molecular formula is C18H16N4O. The molecule has 0 spiro atoms. The Hall–Kier alpha value is -3.13. The number of nitriles is 1. The van der Waals surface area contributed by atoms with Gasteiger partial charge >= 0.3 is 0 Å². The van der Waals surface area contributed by atoms with Crippen LogP contribution >= 0.6 is 0 Å². The molecule has 2 heterocycles. The van der Waals surface area contributed by atoms with Gasteiger partial charge in [0.2, 0.25) is 0 Å². The lowest BCUT2D eigenvalue weighted by Crippen LogP contribution is -2.11. The van der Waals surface area contributed by atoms with Crippen molar-refractivity contribution in [2.75, 3.05) is 5.32 Å². The van der Waals surface area contributed by atoms with E-state index in [2.05, 4.69) is 27.9 Å². The monoisotopic (exact) mass is 304 g/mol. The van der Waals surface area contributed by atoms with E-state index in [1.165, 1.54) is 6.20 Å². The number of hydrogen-bond donors (Lipinski definition) is 1. The SMILES string of the molecule is CCCn1cc(C#N)c2cc(NC(=O)c3cccnc3)ccc21. The third-order valence-electron chi connectivity index (χ3n) is 3.65. The number of anilines is 1. The van der Waals surface area contributed by atoms with Gasteiger partial charge in [-0.15, -0.1) is 0 Å². The number of pyridine rings is 1. The first kappa shape index (κ1) is 14.8. The lowest BCUT2D eigenvalue weighted by Gasteiger charge is -2.07. The highest BCUT2D eigenvalue weighted by Crippen LogP contribution is 2.25. The van der Waals surface area contributed by atoms with Crippen LogP contribution in [0.15, 0.2) is 48.9 Å². The first-order valence-corrected chi connectivity index (χ1v) is 7.47. The summed E-state index contributed by atoms with van der Waals surface area (Å²) in [5.74, 6) is -0.219. The minimum absolute atomic E-state index is 0.219. The van der Waals surface area contributed by atoms with Crippen molar-refractivity contribution in [2.45, 2.75) is 19.9 Å². The molecule has 1 aromatic carbocycles. The van der Waals surface area contributed by atoms with E-state index in [4.69, 9.17) is 0 Å². The van der Waals surface area contributed by atoms with Gasteiger partial charge < -0.3 is 9.88 Å². The van der Waals surface area contributed by atoms with Crippen molar-refractivity contribution in [2.24, 2.45) is 0 Å². The zero-order valence-electron chi connectivity index (χ0n) is 12.8. The Bertz CT molecular complexity index is 891. The number of fused-ring (bicyclic) bond motifs is 1. The molecule has 5 nitrogen and oxygen atoms in total. The minimum atomic E-state index is -0.219. The van der Waals surface area contributed by atoms with Crippen molar-refractivity contribution in [1.29, 1.82) is 5.26 Å². The Morgan fingerprint density at radius 3 is 2.96 bits per heavy atom. The first-order chi connectivity index (χ1) is 11.2. The molecular weight excluding hydrogens is 288 g/mol. The Morgan fingerprint density at radius 2 is 2.26 bits per heavy atom. The van der Waals surface area contributed by atoms with Crippen molar-refractivity contribution in [3.8, 4) is 6.07 Å². The third-order valence-corrected chi connectivity index (χ3v) is 3.65. The molecule has 0 unspecified atom stereocenters. The number of aryl methyl sites for hydroxylation is 1. The molecule has 0 radical (unpaired) electrons. The van der Waals surface area contributed by atoms with Crippen molar-refractivity contribution in [3.05, 3.63) is 60.0 Å². The average Bonchev–Trinajstić information content (AvgIpc) is 2.93. The lowest BCUT2D eigenvalue weighted by atomic mass is 10.1. The summed E-state index contributed by atoms with van der Waals surface area (Å²) in [7, 11) is 0. The number of carbonyl (C=O) groups excluding carboxylic acids is 1. The molecule has 3 aromatic rings. The molecule has 0 saturated carbocycles. The maximum absolute atomic E-state index is 12.2. The van der Waals surface area contributed by atoms with Gasteiger partial charge in [-0.3, -0.25) is 9.78 Å². The fraction of sp³-hybridized carbons (Fsp3) is 0.167. The van der Waals surface area contributed by atoms with E-state index in [0.717, 1.165) is 23.9 Å². The predicted octanol–water partition coefficient (Wildman–Crippen LogP) is 3.57. The Balaban J connectivity index is 1.94. The highest BCUT2D eigenvalue weighted by Gasteiger charge is 2.11. The van der Waals surface area contributed by atoms with Crippen LogP contribution in [0.25, 0.3) is 10.9 Å². The van der Waals surface area contributed by atoms with Crippen LogP contribution in [-0.2, 0) is 6.54 Å². The van der Waals surface area contributed by atoms with Crippen LogP contribution in [0.4, 0.5) is 5.69 Å². The summed E-state index contributed by atoms with van der Waals surface area (Å²) in [4.78, 5) is 16.1. The van der Waals surface area contributed by atoms with Gasteiger partial charge in [0.1, 0.15) is 6.07 Å². The number of hydrogen-bond acceptors (Lipinski definition) is 3. The molecule has 0 bridgehead atoms. The minimum Gasteiger partial charge on any atom is -0.346 e. The van der Waals surface area contributed by atoms with Crippen LogP contribution in [0.3, 0.4) is 0 Å². The molecule has 5 heteroatoms. The maximum Gasteiger partial charge on any atom is 0.257 e. The average molecular weight is 304 g/mol. The summed E-state index contributed by atoms with van der Waals surface area (Å²) in [6, 6.07) is 11.3. The molecule has 3 rings (SSSR count). The van der Waals surface area contributed by atoms with Crippen LogP contribution in [-0.4, -0.2) is 15.5 Å². The number of amides is 1. The molecule has 114 valence electrons. The Kier molecular flexibility index (Phi) is 4.07. The van der Waals surface area contributed by atoms with E-state index in [-0.39, 0.29) is 5.91 Å². The summed E-state index contributed by atoms with van der Waals surface area (Å²) in [5.41, 5.74) is 2.78. The van der Waals surface area contributed by atoms with Gasteiger partial charge in [-0.1, -0.05) is 6.92 Å². The quantitative estimate of drug-likeness (QED) is 0.801. The van der Waals surface area contributed by atoms with Gasteiger partial charge in [0.05, 0.1) is 11.1 Å². The highest BCUT2D eigenvalue weighted by molar-refractivity contribution is 6.05. The smallest absolute Gasteiger partial charge is 0.257 e. The predicted molar refractivity (Wildman–Crippen MR) is 89.1 cm³/mol. The Labute approximate surface area is 134 Å². The fourth-order valence-corrected chi connectivity index (χ4v) is 2.59. The number of benzene rings is 1. The molecule has 0 fully saturated rings. The number of nitrogens with one attached hydrogen (secondary N) is 1. The van der Waals surface area contributed by atoms with Crippen molar-refractivity contribution >= 4 is 22.5 Å². The van der Waals surface area contributed by atoms with Gasteiger partial charge in [-0.25, -0.2) is 0 Å². The van der Waals surface area contributed by atoms with Gasteiger partial charge in [0, 0.05) is 41.7 Å². The summed E-state index contributed by atoms with van der Waals surface area (Å²) in [6.45, 7) is 2.96.